The maximum absolute atomic E-state index is 13.7. The normalized spacial score (nSPS) is 16.9. The zero-order chi connectivity index (χ0) is 18.0. The maximum Gasteiger partial charge on any atom is 0.244 e. The number of pyridine rings is 1. The highest BCUT2D eigenvalue weighted by molar-refractivity contribution is 7.99. The summed E-state index contributed by atoms with van der Waals surface area (Å²) >= 11 is 1.01. The largest absolute Gasteiger partial charge is 0.304 e. The number of rotatable bonds is 4. The van der Waals surface area contributed by atoms with Crippen LogP contribution in [0.4, 0.5) is 8.78 Å². The molecule has 0 unspecified atom stereocenters. The van der Waals surface area contributed by atoms with Crippen LogP contribution in [-0.4, -0.2) is 55.8 Å². The van der Waals surface area contributed by atoms with Gasteiger partial charge in [-0.1, -0.05) is 11.8 Å². The van der Waals surface area contributed by atoms with Gasteiger partial charge in [-0.05, 0) is 31.3 Å². The molecule has 3 rings (SSSR count). The van der Waals surface area contributed by atoms with Crippen LogP contribution in [0.5, 0.6) is 0 Å². The summed E-state index contributed by atoms with van der Waals surface area (Å²) in [7, 11) is -1.63. The first kappa shape index (κ1) is 18.2. The van der Waals surface area contributed by atoms with E-state index >= 15 is 0 Å². The summed E-state index contributed by atoms with van der Waals surface area (Å²) in [5.41, 5.74) is 0. The van der Waals surface area contributed by atoms with Gasteiger partial charge >= 0.3 is 0 Å². The lowest BCUT2D eigenvalue weighted by Crippen LogP contribution is -2.47. The Kier molecular flexibility index (Phi) is 5.38. The molecule has 2 aromatic rings. The monoisotopic (exact) mass is 385 g/mol. The molecule has 0 bridgehead atoms. The minimum atomic E-state index is -3.58. The highest BCUT2D eigenvalue weighted by atomic mass is 32.2. The minimum Gasteiger partial charge on any atom is -0.304 e. The number of hydrogen-bond acceptors (Lipinski definition) is 5. The Morgan fingerprint density at radius 1 is 1.08 bits per heavy atom. The fourth-order valence-electron chi connectivity index (χ4n) is 2.43. The summed E-state index contributed by atoms with van der Waals surface area (Å²) in [4.78, 5) is 6.51. The van der Waals surface area contributed by atoms with Gasteiger partial charge in [0.2, 0.25) is 10.0 Å². The van der Waals surface area contributed by atoms with Crippen LogP contribution in [0.2, 0.25) is 0 Å². The Labute approximate surface area is 149 Å². The SMILES string of the molecule is CN1CCN(S(=O)(=O)c2ccc(Sc3ccc(F)cc3F)nc2)CC1. The minimum absolute atomic E-state index is 0.112. The van der Waals surface area contributed by atoms with Crippen molar-refractivity contribution < 1.29 is 17.2 Å². The van der Waals surface area contributed by atoms with Crippen molar-refractivity contribution in [3.8, 4) is 0 Å². The second-order valence-corrected chi connectivity index (χ2v) is 8.72. The van der Waals surface area contributed by atoms with Gasteiger partial charge in [0.25, 0.3) is 0 Å². The van der Waals surface area contributed by atoms with Gasteiger partial charge in [0.15, 0.2) is 0 Å². The molecule has 0 atom stereocenters. The molecule has 0 radical (unpaired) electrons. The van der Waals surface area contributed by atoms with Crippen molar-refractivity contribution in [2.75, 3.05) is 33.2 Å². The van der Waals surface area contributed by atoms with Gasteiger partial charge in [-0.3, -0.25) is 0 Å². The lowest BCUT2D eigenvalue weighted by Gasteiger charge is -2.31. The number of piperazine rings is 1. The Balaban J connectivity index is 1.75. The predicted molar refractivity (Wildman–Crippen MR) is 91.0 cm³/mol. The third kappa shape index (κ3) is 4.17. The third-order valence-electron chi connectivity index (χ3n) is 3.92. The summed E-state index contributed by atoms with van der Waals surface area (Å²) in [5, 5.41) is 0.433. The van der Waals surface area contributed by atoms with E-state index in [9.17, 15) is 17.2 Å². The molecule has 0 spiro atoms. The van der Waals surface area contributed by atoms with E-state index < -0.39 is 21.7 Å². The lowest BCUT2D eigenvalue weighted by molar-refractivity contribution is 0.222. The molecule has 1 aliphatic rings. The van der Waals surface area contributed by atoms with Gasteiger partial charge in [-0.15, -0.1) is 0 Å². The van der Waals surface area contributed by atoms with Gasteiger partial charge in [0.1, 0.15) is 21.6 Å². The molecule has 9 heteroatoms. The highest BCUT2D eigenvalue weighted by Gasteiger charge is 2.27. The van der Waals surface area contributed by atoms with E-state index in [-0.39, 0.29) is 9.79 Å². The quantitative estimate of drug-likeness (QED) is 0.809. The van der Waals surface area contributed by atoms with Gasteiger partial charge in [-0.2, -0.15) is 4.31 Å². The van der Waals surface area contributed by atoms with Gasteiger partial charge in [0.05, 0.1) is 0 Å². The summed E-state index contributed by atoms with van der Waals surface area (Å²) in [5.74, 6) is -1.33. The molecule has 1 aliphatic heterocycles. The van der Waals surface area contributed by atoms with Gasteiger partial charge in [0, 0.05) is 43.3 Å². The van der Waals surface area contributed by atoms with Crippen molar-refractivity contribution in [1.29, 1.82) is 0 Å². The molecule has 1 aromatic heterocycles. The average molecular weight is 385 g/mol. The summed E-state index contributed by atoms with van der Waals surface area (Å²) < 4.78 is 53.3. The molecule has 0 saturated carbocycles. The molecule has 1 fully saturated rings. The fourth-order valence-corrected chi connectivity index (χ4v) is 4.56. The Morgan fingerprint density at radius 2 is 1.80 bits per heavy atom. The average Bonchev–Trinajstić information content (AvgIpc) is 2.58. The molecule has 2 heterocycles. The van der Waals surface area contributed by atoms with Crippen molar-refractivity contribution >= 4 is 21.8 Å². The van der Waals surface area contributed by atoms with Crippen molar-refractivity contribution in [3.63, 3.8) is 0 Å². The van der Waals surface area contributed by atoms with Crippen LogP contribution >= 0.6 is 11.8 Å². The Morgan fingerprint density at radius 3 is 2.40 bits per heavy atom. The Bertz CT molecular complexity index is 852. The molecule has 1 aromatic carbocycles. The van der Waals surface area contributed by atoms with Crippen LogP contribution in [0, 0.1) is 11.6 Å². The number of sulfonamides is 1. The van der Waals surface area contributed by atoms with Crippen molar-refractivity contribution in [3.05, 3.63) is 48.2 Å². The van der Waals surface area contributed by atoms with E-state index in [1.165, 1.54) is 28.7 Å². The van der Waals surface area contributed by atoms with Gasteiger partial charge < -0.3 is 4.90 Å². The van der Waals surface area contributed by atoms with Crippen molar-refractivity contribution in [2.45, 2.75) is 14.8 Å². The molecule has 5 nitrogen and oxygen atoms in total. The molecule has 0 N–H and O–H groups in total. The number of benzene rings is 1. The number of halogens is 2. The zero-order valence-corrected chi connectivity index (χ0v) is 15.2. The second-order valence-electron chi connectivity index (χ2n) is 5.72. The van der Waals surface area contributed by atoms with Crippen molar-refractivity contribution in [2.24, 2.45) is 0 Å². The van der Waals surface area contributed by atoms with E-state index in [2.05, 4.69) is 9.88 Å². The van der Waals surface area contributed by atoms with E-state index in [1.54, 1.807) is 0 Å². The summed E-state index contributed by atoms with van der Waals surface area (Å²) in [6, 6.07) is 6.28. The number of nitrogens with zero attached hydrogens (tertiary/aromatic N) is 3. The fraction of sp³-hybridized carbons (Fsp3) is 0.312. The maximum atomic E-state index is 13.7. The first-order valence-electron chi connectivity index (χ1n) is 7.64. The topological polar surface area (TPSA) is 53.5 Å². The third-order valence-corrected chi connectivity index (χ3v) is 6.80. The Hall–Kier alpha value is -1.55. The summed E-state index contributed by atoms with van der Waals surface area (Å²) in [6.07, 6.45) is 1.28. The van der Waals surface area contributed by atoms with E-state index in [0.717, 1.165) is 23.9 Å². The van der Waals surface area contributed by atoms with Crippen LogP contribution in [-0.2, 0) is 10.0 Å². The lowest BCUT2D eigenvalue weighted by atomic mass is 10.3. The molecular formula is C16H17F2N3O2S2. The van der Waals surface area contributed by atoms with Crippen LogP contribution in [0.3, 0.4) is 0 Å². The number of hydrogen-bond donors (Lipinski definition) is 0. The van der Waals surface area contributed by atoms with E-state index in [1.807, 2.05) is 7.05 Å². The molecule has 134 valence electrons. The van der Waals surface area contributed by atoms with E-state index in [4.69, 9.17) is 0 Å². The zero-order valence-electron chi connectivity index (χ0n) is 13.5. The number of likely N-dealkylation sites (N-methyl/N-ethyl adjacent to an activating group) is 1. The highest BCUT2D eigenvalue weighted by Crippen LogP contribution is 2.29. The molecule has 1 saturated heterocycles. The van der Waals surface area contributed by atoms with Gasteiger partial charge in [-0.25, -0.2) is 22.2 Å². The molecule has 0 aliphatic carbocycles. The molecule has 25 heavy (non-hydrogen) atoms. The standard InChI is InChI=1S/C16H17F2N3O2S2/c1-20-6-8-21(9-7-20)25(22,23)13-3-5-16(19-11-13)24-15-4-2-12(17)10-14(15)18/h2-5,10-11H,6-9H2,1H3. The molecule has 0 amide bonds. The smallest absolute Gasteiger partial charge is 0.244 e. The number of aromatic nitrogens is 1. The van der Waals surface area contributed by atoms with Crippen LogP contribution < -0.4 is 0 Å². The van der Waals surface area contributed by atoms with Crippen LogP contribution in [0.15, 0.2) is 51.3 Å². The first-order valence-corrected chi connectivity index (χ1v) is 9.89. The van der Waals surface area contributed by atoms with Crippen molar-refractivity contribution in [1.82, 2.24) is 14.2 Å². The predicted octanol–water partition coefficient (Wildman–Crippen LogP) is 2.45. The van der Waals surface area contributed by atoms with Crippen LogP contribution in [0.1, 0.15) is 0 Å². The summed E-state index contributed by atoms with van der Waals surface area (Å²) in [6.45, 7) is 2.25. The second kappa shape index (κ2) is 7.36. The van der Waals surface area contributed by atoms with Crippen LogP contribution in [0.25, 0.3) is 0 Å². The molecular weight excluding hydrogens is 368 g/mol. The van der Waals surface area contributed by atoms with E-state index in [0.29, 0.717) is 31.2 Å². The first-order chi connectivity index (χ1) is 11.9.